The van der Waals surface area contributed by atoms with Gasteiger partial charge in [0.1, 0.15) is 30.0 Å². The first-order valence-electron chi connectivity index (χ1n) is 12.7. The molecule has 2 aliphatic heterocycles. The van der Waals surface area contributed by atoms with Gasteiger partial charge in [-0.2, -0.15) is 0 Å². The SMILES string of the molecule is C=CCOc1cccc(C2C(=C(O)c3ccc4c(c3)CC(C)O4)C(=O)C(=O)N2c2nc3ccc(C)cc3s2)c1. The van der Waals surface area contributed by atoms with Crippen LogP contribution in [0.25, 0.3) is 16.0 Å². The molecule has 0 saturated carbocycles. The molecule has 6 rings (SSSR count). The molecule has 8 heteroatoms. The summed E-state index contributed by atoms with van der Waals surface area (Å²) in [6.45, 7) is 7.96. The fourth-order valence-corrected chi connectivity index (χ4v) is 6.21. The van der Waals surface area contributed by atoms with Gasteiger partial charge in [0.15, 0.2) is 5.13 Å². The van der Waals surface area contributed by atoms with Crippen LogP contribution in [0.3, 0.4) is 0 Å². The summed E-state index contributed by atoms with van der Waals surface area (Å²) >= 11 is 1.33. The number of amides is 1. The van der Waals surface area contributed by atoms with Gasteiger partial charge in [0.25, 0.3) is 5.78 Å². The number of aryl methyl sites for hydroxylation is 1. The van der Waals surface area contributed by atoms with Gasteiger partial charge in [-0.25, -0.2) is 4.98 Å². The Hall–Kier alpha value is -4.43. The van der Waals surface area contributed by atoms with E-state index >= 15 is 0 Å². The van der Waals surface area contributed by atoms with Gasteiger partial charge in [0.2, 0.25) is 0 Å². The van der Waals surface area contributed by atoms with E-state index in [0.29, 0.717) is 35.0 Å². The number of thiazole rings is 1. The first-order valence-corrected chi connectivity index (χ1v) is 13.5. The highest BCUT2D eigenvalue weighted by atomic mass is 32.1. The van der Waals surface area contributed by atoms with Crippen molar-refractivity contribution in [3.8, 4) is 11.5 Å². The molecule has 0 bridgehead atoms. The maximum Gasteiger partial charge on any atom is 0.301 e. The molecule has 196 valence electrons. The van der Waals surface area contributed by atoms with Crippen molar-refractivity contribution in [1.82, 2.24) is 4.98 Å². The smallest absolute Gasteiger partial charge is 0.301 e. The van der Waals surface area contributed by atoms with Crippen LogP contribution in [-0.4, -0.2) is 34.5 Å². The fraction of sp³-hybridized carbons (Fsp3) is 0.194. The average Bonchev–Trinajstić information content (AvgIpc) is 3.59. The van der Waals surface area contributed by atoms with Crippen molar-refractivity contribution in [3.05, 3.63) is 101 Å². The van der Waals surface area contributed by atoms with Gasteiger partial charge in [-0.15, -0.1) is 0 Å². The highest BCUT2D eigenvalue weighted by Crippen LogP contribution is 2.45. The van der Waals surface area contributed by atoms with E-state index in [2.05, 4.69) is 6.58 Å². The number of Topliss-reactive ketones (excluding diaryl/α,β-unsaturated/α-hetero) is 1. The van der Waals surface area contributed by atoms with Crippen LogP contribution in [0, 0.1) is 6.92 Å². The van der Waals surface area contributed by atoms with E-state index in [1.807, 2.05) is 44.2 Å². The number of carbonyl (C=O) groups is 2. The Balaban J connectivity index is 1.53. The lowest BCUT2D eigenvalue weighted by molar-refractivity contribution is -0.132. The molecule has 0 radical (unpaired) electrons. The minimum atomic E-state index is -0.901. The Kier molecular flexibility index (Phi) is 6.19. The molecule has 3 heterocycles. The summed E-state index contributed by atoms with van der Waals surface area (Å²) in [5.74, 6) is -0.435. The normalized spacial score (nSPS) is 19.8. The molecule has 1 N–H and O–H groups in total. The lowest BCUT2D eigenvalue weighted by atomic mass is 9.94. The molecule has 2 atom stereocenters. The second kappa shape index (κ2) is 9.71. The molecule has 1 saturated heterocycles. The van der Waals surface area contributed by atoms with Gasteiger partial charge >= 0.3 is 5.91 Å². The zero-order valence-corrected chi connectivity index (χ0v) is 22.3. The van der Waals surface area contributed by atoms with Crippen LogP contribution in [0.1, 0.15) is 35.2 Å². The first kappa shape index (κ1) is 24.9. The van der Waals surface area contributed by atoms with E-state index in [1.165, 1.54) is 16.2 Å². The largest absolute Gasteiger partial charge is 0.507 e. The molecule has 1 amide bonds. The second-order valence-electron chi connectivity index (χ2n) is 9.76. The van der Waals surface area contributed by atoms with Crippen molar-refractivity contribution in [1.29, 1.82) is 0 Å². The number of rotatable bonds is 6. The fourth-order valence-electron chi connectivity index (χ4n) is 5.12. The van der Waals surface area contributed by atoms with Crippen molar-refractivity contribution in [2.45, 2.75) is 32.4 Å². The number of ether oxygens (including phenoxy) is 2. The van der Waals surface area contributed by atoms with Crippen molar-refractivity contribution in [2.75, 3.05) is 11.5 Å². The van der Waals surface area contributed by atoms with Gasteiger partial charge in [0.05, 0.1) is 21.8 Å². The predicted molar refractivity (Wildman–Crippen MR) is 152 cm³/mol. The number of aliphatic hydroxyl groups excluding tert-OH is 1. The minimum absolute atomic E-state index is 0.00298. The van der Waals surface area contributed by atoms with Gasteiger partial charge in [-0.1, -0.05) is 42.2 Å². The molecule has 1 aromatic heterocycles. The van der Waals surface area contributed by atoms with E-state index in [0.717, 1.165) is 27.1 Å². The topological polar surface area (TPSA) is 89.0 Å². The molecule has 2 unspecified atom stereocenters. The molecule has 2 aliphatic rings. The number of ketones is 1. The number of aromatic nitrogens is 1. The molecule has 7 nitrogen and oxygen atoms in total. The molecular formula is C31H26N2O5S. The lowest BCUT2D eigenvalue weighted by Gasteiger charge is -2.23. The Morgan fingerprint density at radius 1 is 1.21 bits per heavy atom. The highest BCUT2D eigenvalue weighted by Gasteiger charge is 2.48. The zero-order valence-electron chi connectivity index (χ0n) is 21.5. The second-order valence-corrected chi connectivity index (χ2v) is 10.8. The van der Waals surface area contributed by atoms with E-state index in [4.69, 9.17) is 14.5 Å². The van der Waals surface area contributed by atoms with Crippen LogP contribution in [0.2, 0.25) is 0 Å². The maximum atomic E-state index is 13.6. The summed E-state index contributed by atoms with van der Waals surface area (Å²) in [6.07, 6.45) is 2.37. The number of fused-ring (bicyclic) bond motifs is 2. The predicted octanol–water partition coefficient (Wildman–Crippen LogP) is 6.12. The van der Waals surface area contributed by atoms with Crippen LogP contribution in [0.4, 0.5) is 5.13 Å². The van der Waals surface area contributed by atoms with Crippen LogP contribution in [-0.2, 0) is 16.0 Å². The summed E-state index contributed by atoms with van der Waals surface area (Å²) < 4.78 is 12.4. The third-order valence-electron chi connectivity index (χ3n) is 6.89. The number of benzene rings is 3. The number of nitrogens with zero attached hydrogens (tertiary/aromatic N) is 2. The standard InChI is InChI=1S/C31H26N2O5S/c1-4-12-37-22-7-5-6-19(16-22)27-26(28(34)20-9-11-24-21(15-20)14-18(3)38-24)29(35)30(36)33(27)31-32-23-10-8-17(2)13-25(23)39-31/h4-11,13,15-16,18,27,34H,1,12,14H2,2-3H3. The van der Waals surface area contributed by atoms with E-state index in [1.54, 1.807) is 36.4 Å². The molecule has 0 aliphatic carbocycles. The van der Waals surface area contributed by atoms with Crippen molar-refractivity contribution in [3.63, 3.8) is 0 Å². The third-order valence-corrected chi connectivity index (χ3v) is 7.91. The van der Waals surface area contributed by atoms with E-state index in [9.17, 15) is 14.7 Å². The molecular weight excluding hydrogens is 512 g/mol. The number of aliphatic hydroxyl groups is 1. The Morgan fingerprint density at radius 2 is 2.05 bits per heavy atom. The van der Waals surface area contributed by atoms with Crippen LogP contribution in [0.5, 0.6) is 11.5 Å². The van der Waals surface area contributed by atoms with Gasteiger partial charge in [0, 0.05) is 12.0 Å². The molecule has 3 aromatic carbocycles. The Labute approximate surface area is 229 Å². The highest BCUT2D eigenvalue weighted by molar-refractivity contribution is 7.22. The third kappa shape index (κ3) is 4.36. The molecule has 1 fully saturated rings. The summed E-state index contributed by atoms with van der Waals surface area (Å²) in [5.41, 5.74) is 3.82. The quantitative estimate of drug-likeness (QED) is 0.138. The van der Waals surface area contributed by atoms with E-state index in [-0.39, 0.29) is 17.4 Å². The monoisotopic (exact) mass is 538 g/mol. The number of anilines is 1. The lowest BCUT2D eigenvalue weighted by Crippen LogP contribution is -2.29. The summed E-state index contributed by atoms with van der Waals surface area (Å²) in [5, 5.41) is 12.0. The Bertz CT molecular complexity index is 1690. The maximum absolute atomic E-state index is 13.6. The van der Waals surface area contributed by atoms with Crippen LogP contribution < -0.4 is 14.4 Å². The van der Waals surface area contributed by atoms with E-state index < -0.39 is 17.7 Å². The number of hydrogen-bond acceptors (Lipinski definition) is 7. The van der Waals surface area contributed by atoms with Crippen LogP contribution >= 0.6 is 11.3 Å². The summed E-state index contributed by atoms with van der Waals surface area (Å²) in [6, 6.07) is 17.4. The van der Waals surface area contributed by atoms with Gasteiger partial charge in [-0.05, 0) is 73.0 Å². The van der Waals surface area contributed by atoms with Gasteiger partial charge < -0.3 is 14.6 Å². The van der Waals surface area contributed by atoms with Crippen molar-refractivity contribution in [2.24, 2.45) is 0 Å². The summed E-state index contributed by atoms with van der Waals surface area (Å²) in [7, 11) is 0. The van der Waals surface area contributed by atoms with Crippen molar-refractivity contribution < 1.29 is 24.2 Å². The Morgan fingerprint density at radius 3 is 2.87 bits per heavy atom. The van der Waals surface area contributed by atoms with Crippen molar-refractivity contribution >= 4 is 44.1 Å². The molecule has 0 spiro atoms. The molecule has 39 heavy (non-hydrogen) atoms. The first-order chi connectivity index (χ1) is 18.8. The van der Waals surface area contributed by atoms with Crippen LogP contribution in [0.15, 0.2) is 78.9 Å². The van der Waals surface area contributed by atoms with Gasteiger partial charge in [-0.3, -0.25) is 14.5 Å². The zero-order chi connectivity index (χ0) is 27.3. The average molecular weight is 539 g/mol. The number of carbonyl (C=O) groups excluding carboxylic acids is 2. The number of hydrogen-bond donors (Lipinski definition) is 1. The molecule has 4 aromatic rings. The minimum Gasteiger partial charge on any atom is -0.507 e. The summed E-state index contributed by atoms with van der Waals surface area (Å²) in [4.78, 5) is 33.3.